The van der Waals surface area contributed by atoms with Crippen LogP contribution < -0.4 is 4.74 Å². The molecule has 3 aromatic rings. The molecule has 0 heterocycles. The van der Waals surface area contributed by atoms with E-state index in [9.17, 15) is 0 Å². The topological polar surface area (TPSA) is 12.5 Å². The van der Waals surface area contributed by atoms with Gasteiger partial charge in [0.25, 0.3) is 0 Å². The van der Waals surface area contributed by atoms with Crippen LogP contribution in [0.1, 0.15) is 56.7 Å². The van der Waals surface area contributed by atoms with E-state index in [1.807, 2.05) is 6.07 Å². The second kappa shape index (κ2) is 11.5. The summed E-state index contributed by atoms with van der Waals surface area (Å²) >= 11 is 3.75. The lowest BCUT2D eigenvalue weighted by Gasteiger charge is -2.32. The van der Waals surface area contributed by atoms with Gasteiger partial charge in [0.2, 0.25) is 0 Å². The van der Waals surface area contributed by atoms with Crippen LogP contribution in [0.2, 0.25) is 0 Å². The van der Waals surface area contributed by atoms with E-state index in [1.54, 1.807) is 0 Å². The third kappa shape index (κ3) is 6.44. The summed E-state index contributed by atoms with van der Waals surface area (Å²) in [5.74, 6) is 1.21. The summed E-state index contributed by atoms with van der Waals surface area (Å²) in [6, 6.07) is 28.6. The number of halogens is 1. The first-order valence-electron chi connectivity index (χ1n) is 11.2. The van der Waals surface area contributed by atoms with Crippen molar-refractivity contribution in [1.29, 1.82) is 0 Å². The molecule has 3 aromatic carbocycles. The molecule has 31 heavy (non-hydrogen) atoms. The first kappa shape index (κ1) is 23.6. The van der Waals surface area contributed by atoms with E-state index in [-0.39, 0.29) is 5.92 Å². The monoisotopic (exact) mass is 479 g/mol. The molecular weight excluding hydrogens is 446 g/mol. The van der Waals surface area contributed by atoms with Gasteiger partial charge in [0.05, 0.1) is 4.47 Å². The van der Waals surface area contributed by atoms with Gasteiger partial charge < -0.3 is 4.74 Å². The Morgan fingerprint density at radius 2 is 1.39 bits per heavy atom. The minimum absolute atomic E-state index is 0.268. The predicted molar refractivity (Wildman–Crippen MR) is 135 cm³/mol. The number of hydrogen-bond donors (Lipinski definition) is 0. The van der Waals surface area contributed by atoms with Gasteiger partial charge >= 0.3 is 0 Å². The fraction of sp³-hybridized carbons (Fsp3) is 0.357. The fourth-order valence-corrected chi connectivity index (χ4v) is 4.76. The van der Waals surface area contributed by atoms with Crippen LogP contribution in [0.4, 0.5) is 0 Å². The zero-order valence-electron chi connectivity index (χ0n) is 19.1. The van der Waals surface area contributed by atoms with Gasteiger partial charge in [0.1, 0.15) is 12.4 Å². The molecular formula is C28H34BrNO. The van der Waals surface area contributed by atoms with Gasteiger partial charge in [-0.15, -0.1) is 0 Å². The predicted octanol–water partition coefficient (Wildman–Crippen LogP) is 7.67. The molecule has 164 valence electrons. The van der Waals surface area contributed by atoms with Crippen LogP contribution in [0.25, 0.3) is 0 Å². The third-order valence-corrected chi connectivity index (χ3v) is 6.43. The fourth-order valence-electron chi connectivity index (χ4n) is 4.26. The molecule has 3 heteroatoms. The standard InChI is InChI=1S/C28H34BrNO/c1-21(2)30(22(3)4)19-18-25(24-14-9-6-10-15-24)26-16-11-17-27(29)28(26)31-20-23-12-7-5-8-13-23/h5-17,21-22,25H,18-20H2,1-4H3/t25-/m1/s1. The van der Waals surface area contributed by atoms with Crippen molar-refractivity contribution in [2.45, 2.75) is 58.7 Å². The van der Waals surface area contributed by atoms with Crippen LogP contribution in [0.5, 0.6) is 5.75 Å². The molecule has 0 aliphatic rings. The maximum Gasteiger partial charge on any atom is 0.137 e. The molecule has 0 saturated carbocycles. The van der Waals surface area contributed by atoms with E-state index in [0.717, 1.165) is 23.2 Å². The van der Waals surface area contributed by atoms with Gasteiger partial charge in [0, 0.05) is 23.6 Å². The molecule has 0 saturated heterocycles. The van der Waals surface area contributed by atoms with Crippen LogP contribution in [-0.2, 0) is 6.61 Å². The van der Waals surface area contributed by atoms with Gasteiger partial charge in [-0.1, -0.05) is 72.8 Å². The van der Waals surface area contributed by atoms with Crippen molar-refractivity contribution in [2.75, 3.05) is 6.54 Å². The van der Waals surface area contributed by atoms with Crippen molar-refractivity contribution in [1.82, 2.24) is 4.90 Å². The Hall–Kier alpha value is -2.10. The minimum atomic E-state index is 0.268. The number of hydrogen-bond acceptors (Lipinski definition) is 2. The van der Waals surface area contributed by atoms with E-state index in [2.05, 4.69) is 121 Å². The zero-order chi connectivity index (χ0) is 22.2. The Morgan fingerprint density at radius 3 is 2.00 bits per heavy atom. The smallest absolute Gasteiger partial charge is 0.137 e. The maximum atomic E-state index is 6.40. The third-order valence-electron chi connectivity index (χ3n) is 5.80. The molecule has 0 aliphatic carbocycles. The van der Waals surface area contributed by atoms with Crippen molar-refractivity contribution in [2.24, 2.45) is 0 Å². The van der Waals surface area contributed by atoms with E-state index < -0.39 is 0 Å². The lowest BCUT2D eigenvalue weighted by atomic mass is 9.87. The van der Waals surface area contributed by atoms with Gasteiger partial charge in [-0.2, -0.15) is 0 Å². The summed E-state index contributed by atoms with van der Waals surface area (Å²) in [5.41, 5.74) is 3.74. The summed E-state index contributed by atoms with van der Waals surface area (Å²) in [4.78, 5) is 2.57. The lowest BCUT2D eigenvalue weighted by molar-refractivity contribution is 0.170. The molecule has 2 nitrogen and oxygen atoms in total. The molecule has 3 rings (SSSR count). The Bertz CT molecular complexity index is 916. The Morgan fingerprint density at radius 1 is 0.774 bits per heavy atom. The molecule has 0 bridgehead atoms. The second-order valence-electron chi connectivity index (χ2n) is 8.61. The molecule has 0 radical (unpaired) electrons. The number of nitrogens with zero attached hydrogens (tertiary/aromatic N) is 1. The van der Waals surface area contributed by atoms with Gasteiger partial charge in [-0.3, -0.25) is 4.90 Å². The number of ether oxygens (including phenoxy) is 1. The van der Waals surface area contributed by atoms with E-state index >= 15 is 0 Å². The number of para-hydroxylation sites is 1. The molecule has 1 atom stereocenters. The molecule has 0 unspecified atom stereocenters. The average molecular weight is 480 g/mol. The minimum Gasteiger partial charge on any atom is -0.487 e. The van der Waals surface area contributed by atoms with Gasteiger partial charge in [-0.25, -0.2) is 0 Å². The van der Waals surface area contributed by atoms with E-state index in [0.29, 0.717) is 18.7 Å². The normalized spacial score (nSPS) is 12.5. The van der Waals surface area contributed by atoms with Crippen molar-refractivity contribution < 1.29 is 4.74 Å². The van der Waals surface area contributed by atoms with Crippen LogP contribution in [-0.4, -0.2) is 23.5 Å². The number of benzene rings is 3. The van der Waals surface area contributed by atoms with Crippen LogP contribution in [0.15, 0.2) is 83.3 Å². The van der Waals surface area contributed by atoms with Crippen molar-refractivity contribution in [3.63, 3.8) is 0 Å². The largest absolute Gasteiger partial charge is 0.487 e. The zero-order valence-corrected chi connectivity index (χ0v) is 20.7. The summed E-state index contributed by atoms with van der Waals surface area (Å²) < 4.78 is 7.40. The van der Waals surface area contributed by atoms with E-state index in [1.165, 1.54) is 16.7 Å². The highest BCUT2D eigenvalue weighted by Gasteiger charge is 2.23. The van der Waals surface area contributed by atoms with Crippen molar-refractivity contribution >= 4 is 15.9 Å². The highest BCUT2D eigenvalue weighted by molar-refractivity contribution is 9.10. The highest BCUT2D eigenvalue weighted by Crippen LogP contribution is 2.39. The maximum absolute atomic E-state index is 6.40. The summed E-state index contributed by atoms with van der Waals surface area (Å²) in [6.07, 6.45) is 1.04. The molecule has 0 spiro atoms. The van der Waals surface area contributed by atoms with Crippen molar-refractivity contribution in [3.05, 3.63) is 100 Å². The summed E-state index contributed by atoms with van der Waals surface area (Å²) in [7, 11) is 0. The molecule has 0 amide bonds. The van der Waals surface area contributed by atoms with Crippen molar-refractivity contribution in [3.8, 4) is 5.75 Å². The van der Waals surface area contributed by atoms with Crippen LogP contribution in [0, 0.1) is 0 Å². The van der Waals surface area contributed by atoms with Crippen LogP contribution >= 0.6 is 15.9 Å². The second-order valence-corrected chi connectivity index (χ2v) is 9.46. The Labute approximate surface area is 196 Å². The van der Waals surface area contributed by atoms with Gasteiger partial charge in [0.15, 0.2) is 0 Å². The highest BCUT2D eigenvalue weighted by atomic mass is 79.9. The first-order chi connectivity index (χ1) is 15.0. The first-order valence-corrected chi connectivity index (χ1v) is 12.0. The Kier molecular flexibility index (Phi) is 8.74. The number of rotatable bonds is 10. The molecule has 0 aromatic heterocycles. The van der Waals surface area contributed by atoms with Crippen LogP contribution in [0.3, 0.4) is 0 Å². The van der Waals surface area contributed by atoms with E-state index in [4.69, 9.17) is 4.74 Å². The SMILES string of the molecule is CC(C)N(CC[C@H](c1ccccc1)c1cccc(Br)c1OCc1ccccc1)C(C)C. The average Bonchev–Trinajstić information content (AvgIpc) is 2.77. The quantitative estimate of drug-likeness (QED) is 0.295. The molecule has 0 fully saturated rings. The lowest BCUT2D eigenvalue weighted by Crippen LogP contribution is -2.38. The summed E-state index contributed by atoms with van der Waals surface area (Å²) in [5, 5.41) is 0. The summed E-state index contributed by atoms with van der Waals surface area (Å²) in [6.45, 7) is 10.7. The van der Waals surface area contributed by atoms with Gasteiger partial charge in [-0.05, 0) is 73.8 Å². The Balaban J connectivity index is 1.92. The molecule has 0 N–H and O–H groups in total. The molecule has 0 aliphatic heterocycles.